The zero-order valence-electron chi connectivity index (χ0n) is 27.1. The average Bonchev–Trinajstić information content (AvgIpc) is 3.27. The second-order valence-electron chi connectivity index (χ2n) is 13.4. The van der Waals surface area contributed by atoms with Gasteiger partial charge in [0, 0.05) is 6.32 Å². The number of benzene rings is 3. The molecule has 1 fully saturated rings. The van der Waals surface area contributed by atoms with E-state index in [1.807, 2.05) is 42.5 Å². The molecule has 6 nitrogen and oxygen atoms in total. The highest BCUT2D eigenvalue weighted by Crippen LogP contribution is 2.42. The van der Waals surface area contributed by atoms with E-state index in [2.05, 4.69) is 52.0 Å². The molecule has 0 aliphatic carbocycles. The van der Waals surface area contributed by atoms with E-state index in [9.17, 15) is 22.9 Å². The summed E-state index contributed by atoms with van der Waals surface area (Å²) in [6.45, 7) is 8.79. The minimum atomic E-state index is -3.56. The number of phenolic OH excluding ortho intramolecular Hbond substituents is 1. The van der Waals surface area contributed by atoms with Crippen LogP contribution in [0.15, 0.2) is 95.6 Å². The predicted octanol–water partition coefficient (Wildman–Crippen LogP) is 6.04. The van der Waals surface area contributed by atoms with E-state index in [1.165, 1.54) is 12.1 Å². The molecule has 2 aliphatic heterocycles. The van der Waals surface area contributed by atoms with Gasteiger partial charge in [-0.05, 0) is 63.5 Å². The molecule has 3 aromatic rings. The van der Waals surface area contributed by atoms with Crippen LogP contribution in [0, 0.1) is 5.82 Å². The number of phenols is 1. The highest BCUT2D eigenvalue weighted by atomic mass is 32.2. The van der Waals surface area contributed by atoms with Crippen molar-refractivity contribution in [2.24, 2.45) is 0 Å². The van der Waals surface area contributed by atoms with Crippen LogP contribution < -0.4 is 10.4 Å². The van der Waals surface area contributed by atoms with Gasteiger partial charge in [0.2, 0.25) is 0 Å². The van der Waals surface area contributed by atoms with Crippen molar-refractivity contribution >= 4 is 41.7 Å². The molecule has 0 unspecified atom stereocenters. The molecule has 1 saturated heterocycles. The molecule has 2 aliphatic rings. The van der Waals surface area contributed by atoms with Crippen molar-refractivity contribution in [1.29, 1.82) is 0 Å². The van der Waals surface area contributed by atoms with Crippen molar-refractivity contribution in [2.45, 2.75) is 76.1 Å². The molecule has 5 rings (SSSR count). The maximum absolute atomic E-state index is 14.0. The van der Waals surface area contributed by atoms with E-state index in [0.717, 1.165) is 39.9 Å². The van der Waals surface area contributed by atoms with Gasteiger partial charge in [0.25, 0.3) is 8.32 Å². The van der Waals surface area contributed by atoms with Crippen LogP contribution in [0.4, 0.5) is 4.39 Å². The van der Waals surface area contributed by atoms with E-state index in [-0.39, 0.29) is 23.7 Å². The molecule has 46 heavy (non-hydrogen) atoms. The molecular formula is C36H44BFO6SSi. The minimum absolute atomic E-state index is 0.00131. The highest BCUT2D eigenvalue weighted by molar-refractivity contribution is 7.92. The molecule has 0 spiro atoms. The maximum Gasteiger partial charge on any atom is 0.456 e. The maximum atomic E-state index is 14.0. The molecule has 3 aromatic carbocycles. The van der Waals surface area contributed by atoms with Gasteiger partial charge in [0.1, 0.15) is 0 Å². The number of rotatable bonds is 11. The summed E-state index contributed by atoms with van der Waals surface area (Å²) < 4.78 is 54.4. The fourth-order valence-corrected chi connectivity index (χ4v) is 13.8. The van der Waals surface area contributed by atoms with Gasteiger partial charge in [0.05, 0.1) is 23.7 Å². The number of fused-ring (bicyclic) bond motifs is 1. The molecular weight excluding hydrogens is 618 g/mol. The van der Waals surface area contributed by atoms with Gasteiger partial charge in [-0.15, -0.1) is 0 Å². The Morgan fingerprint density at radius 2 is 1.67 bits per heavy atom. The summed E-state index contributed by atoms with van der Waals surface area (Å²) in [5.74, 6) is -1.20. The summed E-state index contributed by atoms with van der Waals surface area (Å²) in [4.78, 5) is 0. The molecule has 0 amide bonds. The van der Waals surface area contributed by atoms with Gasteiger partial charge in [-0.3, -0.25) is 0 Å². The third-order valence-electron chi connectivity index (χ3n) is 9.17. The fraction of sp³-hybridized carbons (Fsp3) is 0.389. The fourth-order valence-electron chi connectivity index (χ4n) is 7.12. The summed E-state index contributed by atoms with van der Waals surface area (Å²) in [6.07, 6.45) is 4.00. The first-order chi connectivity index (χ1) is 21.9. The lowest BCUT2D eigenvalue weighted by Crippen LogP contribution is -2.66. The van der Waals surface area contributed by atoms with Crippen molar-refractivity contribution < 1.29 is 32.0 Å². The molecule has 2 atom stereocenters. The quantitative estimate of drug-likeness (QED) is 0.192. The Hall–Kier alpha value is -3.02. The first-order valence-corrected chi connectivity index (χ1v) is 19.7. The normalized spacial score (nSPS) is 20.2. The zero-order valence-corrected chi connectivity index (χ0v) is 28.9. The zero-order chi connectivity index (χ0) is 33.1. The second kappa shape index (κ2) is 14.0. The van der Waals surface area contributed by atoms with Gasteiger partial charge in [-0.25, -0.2) is 12.8 Å². The molecule has 10 heteroatoms. The van der Waals surface area contributed by atoms with Crippen molar-refractivity contribution in [1.82, 2.24) is 0 Å². The Kier molecular flexibility index (Phi) is 10.4. The summed E-state index contributed by atoms with van der Waals surface area (Å²) >= 11 is 0. The Morgan fingerprint density at radius 1 is 1.04 bits per heavy atom. The van der Waals surface area contributed by atoms with Gasteiger partial charge in [-0.1, -0.05) is 112 Å². The van der Waals surface area contributed by atoms with Crippen LogP contribution in [0.3, 0.4) is 0 Å². The van der Waals surface area contributed by atoms with Gasteiger partial charge in [0.15, 0.2) is 21.4 Å². The highest BCUT2D eigenvalue weighted by Gasteiger charge is 2.52. The minimum Gasteiger partial charge on any atom is -0.505 e. The number of hydrogen-bond acceptors (Lipinski definition) is 6. The van der Waals surface area contributed by atoms with E-state index >= 15 is 0 Å². The molecule has 244 valence electrons. The SMILES string of the molecule is CCC/C(=C\c1ccc(O)c(F)c1)CC[C@H]1OB(O)C[C@H]2C1=C(CO[Si](c1ccccc1)(c1ccccc1)C(C)(C)C)CS2(=O)=O. The average molecular weight is 663 g/mol. The Bertz CT molecular complexity index is 1650. The molecule has 0 saturated carbocycles. The summed E-state index contributed by atoms with van der Waals surface area (Å²) in [5.41, 5.74) is 3.13. The molecule has 0 aromatic heterocycles. The smallest absolute Gasteiger partial charge is 0.456 e. The van der Waals surface area contributed by atoms with Crippen LogP contribution >= 0.6 is 0 Å². The van der Waals surface area contributed by atoms with E-state index in [4.69, 9.17) is 9.08 Å². The van der Waals surface area contributed by atoms with E-state index in [0.29, 0.717) is 18.4 Å². The number of allylic oxidation sites excluding steroid dienone is 1. The first kappa shape index (κ1) is 34.3. The van der Waals surface area contributed by atoms with Gasteiger partial charge < -0.3 is 19.2 Å². The molecule has 2 N–H and O–H groups in total. The third-order valence-corrected chi connectivity index (χ3v) is 16.2. The molecule has 0 bridgehead atoms. The van der Waals surface area contributed by atoms with Crippen LogP contribution in [0.1, 0.15) is 58.9 Å². The van der Waals surface area contributed by atoms with Crippen molar-refractivity contribution in [2.75, 3.05) is 12.4 Å². The second-order valence-corrected chi connectivity index (χ2v) is 19.9. The summed E-state index contributed by atoms with van der Waals surface area (Å²) in [6, 6.07) is 24.8. The van der Waals surface area contributed by atoms with Crippen LogP contribution in [0.5, 0.6) is 5.75 Å². The van der Waals surface area contributed by atoms with E-state index < -0.39 is 48.2 Å². The largest absolute Gasteiger partial charge is 0.505 e. The predicted molar refractivity (Wildman–Crippen MR) is 186 cm³/mol. The molecule has 2 heterocycles. The van der Waals surface area contributed by atoms with Crippen LogP contribution in [-0.2, 0) is 18.9 Å². The lowest BCUT2D eigenvalue weighted by atomic mass is 9.74. The Labute approximate surface area is 274 Å². The van der Waals surface area contributed by atoms with Crippen LogP contribution in [0.25, 0.3) is 6.08 Å². The lowest BCUT2D eigenvalue weighted by molar-refractivity contribution is 0.168. The van der Waals surface area contributed by atoms with Gasteiger partial charge in [-0.2, -0.15) is 0 Å². The Balaban J connectivity index is 1.50. The van der Waals surface area contributed by atoms with Crippen molar-refractivity contribution in [3.8, 4) is 5.75 Å². The number of halogens is 1. The van der Waals surface area contributed by atoms with Crippen molar-refractivity contribution in [3.05, 3.63) is 107 Å². The lowest BCUT2D eigenvalue weighted by Gasteiger charge is -2.43. The van der Waals surface area contributed by atoms with E-state index in [1.54, 1.807) is 6.07 Å². The van der Waals surface area contributed by atoms with Crippen LogP contribution in [-0.4, -0.2) is 57.7 Å². The van der Waals surface area contributed by atoms with Crippen molar-refractivity contribution in [3.63, 3.8) is 0 Å². The standard InChI is InChI=1S/C36H44BFO6SSi/c1-5-12-26(21-27-17-19-32(39)31(38)22-27)18-20-33-35-28(25-45(41,42)34(35)23-37(40)44-33)24-43-46(36(2,3)4,29-13-8-6-9-14-29)30-15-10-7-11-16-30/h6-11,13-17,19,21-22,33-34,39-40H,5,12,18,20,23-25H2,1-4H3/b26-21+/t33-,34+/m1/s1. The Morgan fingerprint density at radius 3 is 2.24 bits per heavy atom. The molecule has 0 radical (unpaired) electrons. The van der Waals surface area contributed by atoms with Crippen LogP contribution in [0.2, 0.25) is 11.4 Å². The summed E-state index contributed by atoms with van der Waals surface area (Å²) in [7, 11) is -7.68. The number of aromatic hydroxyl groups is 1. The third kappa shape index (κ3) is 7.11. The topological polar surface area (TPSA) is 93.1 Å². The number of hydrogen-bond donors (Lipinski definition) is 2. The van der Waals surface area contributed by atoms with Gasteiger partial charge >= 0.3 is 7.12 Å². The summed E-state index contributed by atoms with van der Waals surface area (Å²) in [5, 5.41) is 21.4. The monoisotopic (exact) mass is 662 g/mol. The number of sulfone groups is 1. The first-order valence-electron chi connectivity index (χ1n) is 16.1.